The van der Waals surface area contributed by atoms with Gasteiger partial charge < -0.3 is 15.0 Å². The maximum Gasteiger partial charge on any atom is 0.260 e. The first kappa shape index (κ1) is 14.9. The van der Waals surface area contributed by atoms with Gasteiger partial charge in [-0.05, 0) is 37.9 Å². The molecule has 4 heteroatoms. The number of aryl methyl sites for hydroxylation is 1. The maximum absolute atomic E-state index is 12.3. The molecule has 4 nitrogen and oxygen atoms in total. The van der Waals surface area contributed by atoms with Crippen molar-refractivity contribution in [2.75, 3.05) is 26.2 Å². The van der Waals surface area contributed by atoms with Crippen molar-refractivity contribution in [3.8, 4) is 5.75 Å². The topological polar surface area (TPSA) is 41.6 Å². The SMILES string of the molecule is CCc1ccccc1OCC(=O)N(CC)C1CCNC1. The molecule has 1 aromatic carbocycles. The van der Waals surface area contributed by atoms with E-state index in [0.29, 0.717) is 6.04 Å². The van der Waals surface area contributed by atoms with Gasteiger partial charge in [-0.1, -0.05) is 25.1 Å². The fourth-order valence-corrected chi connectivity index (χ4v) is 2.70. The van der Waals surface area contributed by atoms with E-state index in [1.165, 1.54) is 0 Å². The van der Waals surface area contributed by atoms with Crippen LogP contribution in [0.15, 0.2) is 24.3 Å². The molecule has 1 unspecified atom stereocenters. The summed E-state index contributed by atoms with van der Waals surface area (Å²) in [7, 11) is 0. The van der Waals surface area contributed by atoms with Crippen molar-refractivity contribution in [1.82, 2.24) is 10.2 Å². The first-order chi connectivity index (χ1) is 9.76. The number of amides is 1. The summed E-state index contributed by atoms with van der Waals surface area (Å²) in [6.45, 7) is 6.87. The predicted octanol–water partition coefficient (Wildman–Crippen LogP) is 1.84. The minimum atomic E-state index is 0.0760. The Kier molecular flexibility index (Phi) is 5.41. The Balaban J connectivity index is 1.93. The van der Waals surface area contributed by atoms with Gasteiger partial charge in [0.15, 0.2) is 6.61 Å². The van der Waals surface area contributed by atoms with Gasteiger partial charge in [-0.3, -0.25) is 4.79 Å². The maximum atomic E-state index is 12.3. The minimum Gasteiger partial charge on any atom is -0.483 e. The largest absolute Gasteiger partial charge is 0.483 e. The molecule has 1 N–H and O–H groups in total. The summed E-state index contributed by atoms with van der Waals surface area (Å²) in [4.78, 5) is 14.2. The van der Waals surface area contributed by atoms with E-state index in [4.69, 9.17) is 4.74 Å². The van der Waals surface area contributed by atoms with Gasteiger partial charge in [-0.2, -0.15) is 0 Å². The molecule has 1 aromatic rings. The first-order valence-corrected chi connectivity index (χ1v) is 7.47. The first-order valence-electron chi connectivity index (χ1n) is 7.47. The van der Waals surface area contributed by atoms with Crippen molar-refractivity contribution < 1.29 is 9.53 Å². The van der Waals surface area contributed by atoms with Crippen molar-refractivity contribution in [2.24, 2.45) is 0 Å². The second-order valence-corrected chi connectivity index (χ2v) is 5.08. The molecule has 2 rings (SSSR count). The summed E-state index contributed by atoms with van der Waals surface area (Å²) in [6.07, 6.45) is 1.94. The minimum absolute atomic E-state index is 0.0760. The Morgan fingerprint density at radius 2 is 2.20 bits per heavy atom. The van der Waals surface area contributed by atoms with Crippen LogP contribution in [0.3, 0.4) is 0 Å². The normalized spacial score (nSPS) is 18.0. The zero-order chi connectivity index (χ0) is 14.4. The number of benzene rings is 1. The Morgan fingerprint density at radius 1 is 1.40 bits per heavy atom. The number of carbonyl (C=O) groups excluding carboxylic acids is 1. The third-order valence-electron chi connectivity index (χ3n) is 3.84. The summed E-state index contributed by atoms with van der Waals surface area (Å²) < 4.78 is 5.72. The van der Waals surface area contributed by atoms with Crippen LogP contribution in [0.4, 0.5) is 0 Å². The van der Waals surface area contributed by atoms with Crippen LogP contribution in [0.1, 0.15) is 25.8 Å². The molecule has 0 spiro atoms. The molecule has 1 saturated heterocycles. The Bertz CT molecular complexity index is 442. The number of para-hydroxylation sites is 1. The molecule has 0 saturated carbocycles. The van der Waals surface area contributed by atoms with Crippen LogP contribution in [0.5, 0.6) is 5.75 Å². The number of hydrogen-bond donors (Lipinski definition) is 1. The highest BCUT2D eigenvalue weighted by atomic mass is 16.5. The third kappa shape index (κ3) is 3.51. The highest BCUT2D eigenvalue weighted by Gasteiger charge is 2.25. The fraction of sp³-hybridized carbons (Fsp3) is 0.562. The van der Waals surface area contributed by atoms with Crippen LogP contribution in [0, 0.1) is 0 Å². The quantitative estimate of drug-likeness (QED) is 0.862. The lowest BCUT2D eigenvalue weighted by Gasteiger charge is -2.27. The molecule has 1 amide bonds. The molecule has 0 aliphatic carbocycles. The van der Waals surface area contributed by atoms with E-state index >= 15 is 0 Å². The number of likely N-dealkylation sites (N-methyl/N-ethyl adjacent to an activating group) is 1. The molecular weight excluding hydrogens is 252 g/mol. The number of nitrogens with zero attached hydrogens (tertiary/aromatic N) is 1. The monoisotopic (exact) mass is 276 g/mol. The fourth-order valence-electron chi connectivity index (χ4n) is 2.70. The molecule has 1 aliphatic rings. The van der Waals surface area contributed by atoms with Crippen LogP contribution < -0.4 is 10.1 Å². The molecule has 1 atom stereocenters. The lowest BCUT2D eigenvalue weighted by atomic mass is 10.1. The standard InChI is InChI=1S/C16H24N2O2/c1-3-13-7-5-6-8-15(13)20-12-16(19)18(4-2)14-9-10-17-11-14/h5-8,14,17H,3-4,9-12H2,1-2H3. The second-order valence-electron chi connectivity index (χ2n) is 5.08. The Labute approximate surface area is 121 Å². The van der Waals surface area contributed by atoms with Crippen LogP contribution in [0.25, 0.3) is 0 Å². The Hall–Kier alpha value is -1.55. The summed E-state index contributed by atoms with van der Waals surface area (Å²) >= 11 is 0. The number of rotatable bonds is 6. The van der Waals surface area contributed by atoms with E-state index in [9.17, 15) is 4.79 Å². The smallest absolute Gasteiger partial charge is 0.260 e. The van der Waals surface area contributed by atoms with Crippen LogP contribution in [-0.2, 0) is 11.2 Å². The average Bonchev–Trinajstić information content (AvgIpc) is 3.00. The van der Waals surface area contributed by atoms with Gasteiger partial charge in [0, 0.05) is 19.1 Å². The number of ether oxygens (including phenoxy) is 1. The third-order valence-corrected chi connectivity index (χ3v) is 3.84. The molecule has 0 bridgehead atoms. The zero-order valence-corrected chi connectivity index (χ0v) is 12.4. The van der Waals surface area contributed by atoms with Crippen molar-refractivity contribution in [2.45, 2.75) is 32.7 Å². The van der Waals surface area contributed by atoms with E-state index in [1.807, 2.05) is 36.1 Å². The molecule has 0 aromatic heterocycles. The highest BCUT2D eigenvalue weighted by Crippen LogP contribution is 2.18. The van der Waals surface area contributed by atoms with Gasteiger partial charge in [0.05, 0.1) is 0 Å². The van der Waals surface area contributed by atoms with Crippen molar-refractivity contribution >= 4 is 5.91 Å². The number of nitrogens with one attached hydrogen (secondary N) is 1. The van der Waals surface area contributed by atoms with Gasteiger partial charge in [0.2, 0.25) is 0 Å². The van der Waals surface area contributed by atoms with Gasteiger partial charge in [-0.15, -0.1) is 0 Å². The highest BCUT2D eigenvalue weighted by molar-refractivity contribution is 5.78. The van der Waals surface area contributed by atoms with Crippen molar-refractivity contribution in [3.63, 3.8) is 0 Å². The van der Waals surface area contributed by atoms with E-state index in [-0.39, 0.29) is 12.5 Å². The van der Waals surface area contributed by atoms with Gasteiger partial charge in [-0.25, -0.2) is 0 Å². The number of carbonyl (C=O) groups is 1. The molecule has 0 radical (unpaired) electrons. The number of hydrogen-bond acceptors (Lipinski definition) is 3. The zero-order valence-electron chi connectivity index (χ0n) is 12.4. The molecular formula is C16H24N2O2. The summed E-state index contributed by atoms with van der Waals surface area (Å²) in [5, 5.41) is 3.30. The van der Waals surface area contributed by atoms with E-state index < -0.39 is 0 Å². The molecule has 1 aliphatic heterocycles. The van der Waals surface area contributed by atoms with Crippen molar-refractivity contribution in [3.05, 3.63) is 29.8 Å². The summed E-state index contributed by atoms with van der Waals surface area (Å²) in [5.74, 6) is 0.899. The molecule has 1 fully saturated rings. The van der Waals surface area contributed by atoms with Gasteiger partial charge in [0.1, 0.15) is 5.75 Å². The second kappa shape index (κ2) is 7.29. The summed E-state index contributed by atoms with van der Waals surface area (Å²) in [5.41, 5.74) is 1.14. The van der Waals surface area contributed by atoms with Gasteiger partial charge in [0.25, 0.3) is 5.91 Å². The lowest BCUT2D eigenvalue weighted by molar-refractivity contribution is -0.135. The van der Waals surface area contributed by atoms with Crippen molar-refractivity contribution in [1.29, 1.82) is 0 Å². The van der Waals surface area contributed by atoms with Crippen LogP contribution >= 0.6 is 0 Å². The predicted molar refractivity (Wildman–Crippen MR) is 80.0 cm³/mol. The molecule has 1 heterocycles. The lowest BCUT2D eigenvalue weighted by Crippen LogP contribution is -2.43. The van der Waals surface area contributed by atoms with E-state index in [0.717, 1.165) is 43.8 Å². The molecule has 20 heavy (non-hydrogen) atoms. The van der Waals surface area contributed by atoms with Crippen LogP contribution in [0.2, 0.25) is 0 Å². The summed E-state index contributed by atoms with van der Waals surface area (Å²) in [6, 6.07) is 8.23. The van der Waals surface area contributed by atoms with E-state index in [1.54, 1.807) is 0 Å². The van der Waals surface area contributed by atoms with Crippen LogP contribution in [-0.4, -0.2) is 43.1 Å². The molecule has 110 valence electrons. The van der Waals surface area contributed by atoms with E-state index in [2.05, 4.69) is 12.2 Å². The van der Waals surface area contributed by atoms with Gasteiger partial charge >= 0.3 is 0 Å². The average molecular weight is 276 g/mol. The Morgan fingerprint density at radius 3 is 2.85 bits per heavy atom.